The molecule has 2 amide bonds. The lowest BCUT2D eigenvalue weighted by atomic mass is 9.94. The number of aromatic nitrogens is 2. The van der Waals surface area contributed by atoms with Gasteiger partial charge in [-0.25, -0.2) is 9.78 Å². The van der Waals surface area contributed by atoms with Gasteiger partial charge in [-0.2, -0.15) is 0 Å². The minimum atomic E-state index is -0.881. The number of aliphatic hydroxyl groups excluding tert-OH is 1. The van der Waals surface area contributed by atoms with Crippen LogP contribution in [0.1, 0.15) is 61.3 Å². The number of anilines is 2. The molecule has 0 unspecified atom stereocenters. The van der Waals surface area contributed by atoms with Crippen LogP contribution < -0.4 is 27.2 Å². The Labute approximate surface area is 301 Å². The maximum atomic E-state index is 12.9. The number of nitrogens with one attached hydrogen (secondary N) is 4. The highest BCUT2D eigenvalue weighted by molar-refractivity contribution is 5.92. The molecule has 5 aromatic rings. The Kier molecular flexibility index (Phi) is 11.9. The minimum Gasteiger partial charge on any atom is -0.506 e. The summed E-state index contributed by atoms with van der Waals surface area (Å²) in [5.41, 5.74) is 10.9. The van der Waals surface area contributed by atoms with E-state index in [0.29, 0.717) is 41.8 Å². The van der Waals surface area contributed by atoms with Crippen LogP contribution in [-0.2, 0) is 22.5 Å². The number of ether oxygens (including phenoxy) is 1. The number of H-pyrrole nitrogens is 1. The second kappa shape index (κ2) is 17.1. The molecule has 52 heavy (non-hydrogen) atoms. The summed E-state index contributed by atoms with van der Waals surface area (Å²) < 4.78 is 5.72. The first-order valence-corrected chi connectivity index (χ1v) is 17.6. The van der Waals surface area contributed by atoms with Gasteiger partial charge in [0.25, 0.3) is 0 Å². The zero-order chi connectivity index (χ0) is 36.5. The van der Waals surface area contributed by atoms with E-state index in [1.165, 1.54) is 12.1 Å². The van der Waals surface area contributed by atoms with E-state index in [1.54, 1.807) is 24.4 Å². The van der Waals surface area contributed by atoms with Crippen LogP contribution >= 0.6 is 0 Å². The zero-order valence-corrected chi connectivity index (χ0v) is 28.8. The first kappa shape index (κ1) is 36.2. The van der Waals surface area contributed by atoms with Crippen molar-refractivity contribution in [3.63, 3.8) is 0 Å². The summed E-state index contributed by atoms with van der Waals surface area (Å²) in [6.45, 7) is 0.655. The zero-order valence-electron chi connectivity index (χ0n) is 28.8. The van der Waals surface area contributed by atoms with Gasteiger partial charge in [0.2, 0.25) is 11.5 Å². The van der Waals surface area contributed by atoms with Crippen LogP contribution in [0.25, 0.3) is 22.0 Å². The van der Waals surface area contributed by atoms with Crippen LogP contribution in [0.4, 0.5) is 16.3 Å². The summed E-state index contributed by atoms with van der Waals surface area (Å²) in [6, 6.07) is 25.5. The fourth-order valence-electron chi connectivity index (χ4n) is 6.49. The van der Waals surface area contributed by atoms with Crippen molar-refractivity contribution in [3.8, 4) is 16.9 Å². The van der Waals surface area contributed by atoms with Crippen molar-refractivity contribution in [2.24, 2.45) is 5.73 Å². The Hall–Kier alpha value is -5.56. The number of pyridine rings is 2. The number of phenols is 1. The summed E-state index contributed by atoms with van der Waals surface area (Å²) >= 11 is 0. The molecule has 270 valence electrons. The summed E-state index contributed by atoms with van der Waals surface area (Å²) in [5.74, 6) is 0.224. The standard InChI is InChI=1S/C40H44N6O6/c41-28-11-13-29(14-12-28)52-40(51)44-33-21-25(9-15-30(33)27-6-2-1-3-7-27)5-4-8-37(49)45-36-19-10-26(23-43-36)22-42-24-35(48)31-16-18-34(47)39-32(31)17-20-38(50)46-39/h1-3,6-7,9-10,15-21,23,28-29,35,42,47-48H,4-5,8,11-14,22,24,41H2,(H,44,51)(H,46,50)(H,43,45,49)/t28?,29?,35-/m0/s1. The summed E-state index contributed by atoms with van der Waals surface area (Å²) in [4.78, 5) is 44.3. The van der Waals surface area contributed by atoms with Crippen LogP contribution in [0.2, 0.25) is 0 Å². The number of carbonyl (C=O) groups excluding carboxylic acids is 2. The molecule has 0 spiro atoms. The number of hydrogen-bond donors (Lipinski definition) is 7. The van der Waals surface area contributed by atoms with Gasteiger partial charge in [0, 0.05) is 48.8 Å². The van der Waals surface area contributed by atoms with Crippen molar-refractivity contribution in [3.05, 3.63) is 118 Å². The number of nitrogens with zero attached hydrogens (tertiary/aromatic N) is 1. The molecule has 3 aromatic carbocycles. The maximum Gasteiger partial charge on any atom is 0.411 e. The highest BCUT2D eigenvalue weighted by Crippen LogP contribution is 2.31. The van der Waals surface area contributed by atoms with Crippen LogP contribution in [0, 0.1) is 0 Å². The van der Waals surface area contributed by atoms with E-state index in [-0.39, 0.29) is 47.8 Å². The topological polar surface area (TPSA) is 192 Å². The van der Waals surface area contributed by atoms with Gasteiger partial charge >= 0.3 is 6.09 Å². The van der Waals surface area contributed by atoms with E-state index >= 15 is 0 Å². The molecule has 0 saturated heterocycles. The van der Waals surface area contributed by atoms with Gasteiger partial charge in [-0.3, -0.25) is 14.9 Å². The lowest BCUT2D eigenvalue weighted by Gasteiger charge is -2.26. The molecule has 0 radical (unpaired) electrons. The van der Waals surface area contributed by atoms with Gasteiger partial charge in [-0.1, -0.05) is 54.6 Å². The van der Waals surface area contributed by atoms with Gasteiger partial charge in [0.15, 0.2) is 0 Å². The number of aryl methyl sites for hydroxylation is 1. The van der Waals surface area contributed by atoms with Crippen LogP contribution in [0.5, 0.6) is 5.75 Å². The van der Waals surface area contributed by atoms with E-state index in [2.05, 4.69) is 25.9 Å². The van der Waals surface area contributed by atoms with E-state index in [9.17, 15) is 24.6 Å². The molecule has 6 rings (SSSR count). The molecule has 12 nitrogen and oxygen atoms in total. The van der Waals surface area contributed by atoms with E-state index < -0.39 is 12.2 Å². The number of hydrogen-bond acceptors (Lipinski definition) is 9. The van der Waals surface area contributed by atoms with Crippen molar-refractivity contribution in [2.75, 3.05) is 17.2 Å². The second-order valence-corrected chi connectivity index (χ2v) is 13.2. The number of carbonyl (C=O) groups is 2. The highest BCUT2D eigenvalue weighted by atomic mass is 16.6. The minimum absolute atomic E-state index is 0.0630. The highest BCUT2D eigenvalue weighted by Gasteiger charge is 2.22. The van der Waals surface area contributed by atoms with Crippen molar-refractivity contribution >= 4 is 34.4 Å². The Morgan fingerprint density at radius 2 is 1.73 bits per heavy atom. The molecule has 1 saturated carbocycles. The Morgan fingerprint density at radius 3 is 2.50 bits per heavy atom. The quantitative estimate of drug-likeness (QED) is 0.0782. The molecule has 8 N–H and O–H groups in total. The number of benzene rings is 3. The average Bonchev–Trinajstić information content (AvgIpc) is 3.14. The number of rotatable bonds is 13. The second-order valence-electron chi connectivity index (χ2n) is 13.2. The third-order valence-corrected chi connectivity index (χ3v) is 9.29. The first-order valence-electron chi connectivity index (χ1n) is 17.6. The molecule has 1 fully saturated rings. The Balaban J connectivity index is 0.975. The molecular formula is C40H44N6O6. The third kappa shape index (κ3) is 9.60. The molecular weight excluding hydrogens is 660 g/mol. The smallest absolute Gasteiger partial charge is 0.411 e. The molecule has 0 bridgehead atoms. The number of amides is 2. The lowest BCUT2D eigenvalue weighted by molar-refractivity contribution is -0.116. The van der Waals surface area contributed by atoms with E-state index in [4.69, 9.17) is 10.5 Å². The Bertz CT molecular complexity index is 2040. The molecule has 12 heteroatoms. The van der Waals surface area contributed by atoms with Gasteiger partial charge < -0.3 is 36.3 Å². The number of nitrogens with two attached hydrogens (primary N) is 1. The Morgan fingerprint density at radius 1 is 0.942 bits per heavy atom. The molecule has 1 aliphatic rings. The third-order valence-electron chi connectivity index (χ3n) is 9.29. The molecule has 1 aliphatic carbocycles. The molecule has 2 aromatic heterocycles. The fraction of sp³-hybridized carbons (Fsp3) is 0.300. The summed E-state index contributed by atoms with van der Waals surface area (Å²) in [7, 11) is 0. The van der Waals surface area contributed by atoms with Crippen molar-refractivity contribution in [1.29, 1.82) is 0 Å². The SMILES string of the molecule is NC1CCC(OC(=O)Nc2cc(CCCC(=O)Nc3ccc(CNC[C@H](O)c4ccc(O)c5[nH]c(=O)ccc45)cn3)ccc2-c2ccccc2)CC1. The normalized spacial score (nSPS) is 16.3. The monoisotopic (exact) mass is 704 g/mol. The van der Waals surface area contributed by atoms with Gasteiger partial charge in [0.05, 0.1) is 17.3 Å². The summed E-state index contributed by atoms with van der Waals surface area (Å²) in [5, 5.41) is 30.5. The van der Waals surface area contributed by atoms with Crippen molar-refractivity contribution < 1.29 is 24.5 Å². The van der Waals surface area contributed by atoms with E-state index in [1.807, 2.05) is 54.6 Å². The molecule has 2 heterocycles. The van der Waals surface area contributed by atoms with E-state index in [0.717, 1.165) is 47.9 Å². The lowest BCUT2D eigenvalue weighted by Crippen LogP contribution is -2.32. The molecule has 0 aliphatic heterocycles. The predicted molar refractivity (Wildman–Crippen MR) is 201 cm³/mol. The van der Waals surface area contributed by atoms with Crippen molar-refractivity contribution in [1.82, 2.24) is 15.3 Å². The average molecular weight is 705 g/mol. The van der Waals surface area contributed by atoms with Crippen molar-refractivity contribution in [2.45, 2.75) is 69.7 Å². The molecule has 1 atom stereocenters. The first-order chi connectivity index (χ1) is 25.2. The number of fused-ring (bicyclic) bond motifs is 1. The number of aromatic amines is 1. The van der Waals surface area contributed by atoms with Crippen LogP contribution in [0.3, 0.4) is 0 Å². The van der Waals surface area contributed by atoms with Crippen LogP contribution in [-0.4, -0.2) is 50.9 Å². The predicted octanol–water partition coefficient (Wildman–Crippen LogP) is 5.90. The summed E-state index contributed by atoms with van der Waals surface area (Å²) in [6.07, 6.45) is 4.88. The maximum absolute atomic E-state index is 12.9. The van der Waals surface area contributed by atoms with Gasteiger partial charge in [-0.15, -0.1) is 0 Å². The largest absolute Gasteiger partial charge is 0.506 e. The fourth-order valence-corrected chi connectivity index (χ4v) is 6.49. The van der Waals surface area contributed by atoms with Crippen LogP contribution in [0.15, 0.2) is 95.9 Å². The number of aromatic hydroxyl groups is 1. The number of aliphatic hydroxyl groups is 1. The number of phenolic OH excluding ortho intramolecular Hbond substituents is 1. The van der Waals surface area contributed by atoms with Gasteiger partial charge in [-0.05, 0) is 85.0 Å². The van der Waals surface area contributed by atoms with Gasteiger partial charge in [0.1, 0.15) is 17.7 Å².